The Kier molecular flexibility index (Phi) is 4.42. The number of amides is 1. The lowest BCUT2D eigenvalue weighted by Gasteiger charge is -2.47. The van der Waals surface area contributed by atoms with E-state index in [0.29, 0.717) is 23.9 Å². The van der Waals surface area contributed by atoms with Gasteiger partial charge < -0.3 is 14.8 Å². The molecule has 0 spiro atoms. The standard InChI is InChI=1S/C18H20N4O3/c1-24-10-14-15(13-4-7-25-16(13)14)22-18(23)12-8-20-17(21-9-12)11-2-5-19-6-3-11/h2-3,5-6,8-9,13-16H,4,7,10H2,1H3,(H,22,23)/t13-,14+,15+,16-/m1/s1. The summed E-state index contributed by atoms with van der Waals surface area (Å²) in [6.07, 6.45) is 7.68. The van der Waals surface area contributed by atoms with Gasteiger partial charge in [-0.1, -0.05) is 0 Å². The van der Waals surface area contributed by atoms with Crippen molar-refractivity contribution in [3.05, 3.63) is 42.5 Å². The van der Waals surface area contributed by atoms with Crippen LogP contribution in [-0.4, -0.2) is 53.3 Å². The number of nitrogens with zero attached hydrogens (tertiary/aromatic N) is 3. The smallest absolute Gasteiger partial charge is 0.254 e. The third-order valence-electron chi connectivity index (χ3n) is 5.04. The van der Waals surface area contributed by atoms with Gasteiger partial charge in [0.2, 0.25) is 0 Å². The lowest BCUT2D eigenvalue weighted by Crippen LogP contribution is -2.62. The molecule has 2 fully saturated rings. The number of pyridine rings is 1. The molecule has 1 aliphatic carbocycles. The summed E-state index contributed by atoms with van der Waals surface area (Å²) in [5.74, 6) is 1.00. The Balaban J connectivity index is 1.44. The number of aromatic nitrogens is 3. The summed E-state index contributed by atoms with van der Waals surface area (Å²) in [5.41, 5.74) is 1.32. The summed E-state index contributed by atoms with van der Waals surface area (Å²) in [4.78, 5) is 25.1. The van der Waals surface area contributed by atoms with Gasteiger partial charge in [0.15, 0.2) is 5.82 Å². The summed E-state index contributed by atoms with van der Waals surface area (Å²) in [6, 6.07) is 3.75. The number of carbonyl (C=O) groups is 1. The van der Waals surface area contributed by atoms with Crippen molar-refractivity contribution in [1.82, 2.24) is 20.3 Å². The molecule has 0 radical (unpaired) electrons. The monoisotopic (exact) mass is 340 g/mol. The van der Waals surface area contributed by atoms with Crippen LogP contribution in [0.5, 0.6) is 0 Å². The van der Waals surface area contributed by atoms with E-state index in [4.69, 9.17) is 9.47 Å². The molecule has 0 unspecified atom stereocenters. The SMILES string of the molecule is COC[C@H]1[C@@H](NC(=O)c2cnc(-c3ccncc3)nc2)[C@H]2CCO[C@H]21. The zero-order valence-corrected chi connectivity index (χ0v) is 14.0. The lowest BCUT2D eigenvalue weighted by molar-refractivity contribution is -0.0809. The summed E-state index contributed by atoms with van der Waals surface area (Å²) < 4.78 is 11.0. The van der Waals surface area contributed by atoms with Gasteiger partial charge in [0.25, 0.3) is 5.91 Å². The molecule has 130 valence electrons. The summed E-state index contributed by atoms with van der Waals surface area (Å²) in [6.45, 7) is 1.34. The first-order chi connectivity index (χ1) is 12.3. The van der Waals surface area contributed by atoms with E-state index in [0.717, 1.165) is 18.6 Å². The second-order valence-corrected chi connectivity index (χ2v) is 6.44. The van der Waals surface area contributed by atoms with Crippen LogP contribution in [0, 0.1) is 11.8 Å². The molecule has 2 aromatic heterocycles. The van der Waals surface area contributed by atoms with Crippen LogP contribution in [0.4, 0.5) is 0 Å². The van der Waals surface area contributed by atoms with Gasteiger partial charge in [-0.2, -0.15) is 0 Å². The first-order valence-corrected chi connectivity index (χ1v) is 8.42. The first kappa shape index (κ1) is 16.1. The molecule has 1 aliphatic heterocycles. The van der Waals surface area contributed by atoms with Gasteiger partial charge in [0, 0.05) is 61.9 Å². The molecule has 1 saturated heterocycles. The minimum absolute atomic E-state index is 0.0832. The van der Waals surface area contributed by atoms with Gasteiger partial charge in [-0.05, 0) is 18.6 Å². The molecule has 3 heterocycles. The van der Waals surface area contributed by atoms with Crippen molar-refractivity contribution >= 4 is 5.91 Å². The average molecular weight is 340 g/mol. The van der Waals surface area contributed by atoms with Gasteiger partial charge in [0.1, 0.15) is 0 Å². The van der Waals surface area contributed by atoms with Crippen LogP contribution in [0.3, 0.4) is 0 Å². The molecule has 7 nitrogen and oxygen atoms in total. The van der Waals surface area contributed by atoms with Gasteiger partial charge in [-0.3, -0.25) is 9.78 Å². The number of carbonyl (C=O) groups excluding carboxylic acids is 1. The number of rotatable bonds is 5. The largest absolute Gasteiger partial charge is 0.384 e. The number of methoxy groups -OCH3 is 1. The molecule has 0 bridgehead atoms. The van der Waals surface area contributed by atoms with Crippen molar-refractivity contribution in [3.63, 3.8) is 0 Å². The van der Waals surface area contributed by atoms with E-state index in [1.54, 1.807) is 31.9 Å². The maximum atomic E-state index is 12.6. The van der Waals surface area contributed by atoms with Crippen molar-refractivity contribution in [2.75, 3.05) is 20.3 Å². The third kappa shape index (κ3) is 3.01. The van der Waals surface area contributed by atoms with Crippen LogP contribution in [-0.2, 0) is 9.47 Å². The van der Waals surface area contributed by atoms with Crippen LogP contribution in [0.2, 0.25) is 0 Å². The molecular formula is C18H20N4O3. The highest BCUT2D eigenvalue weighted by Crippen LogP contribution is 2.43. The fraction of sp³-hybridized carbons (Fsp3) is 0.444. The molecule has 2 aromatic rings. The summed E-state index contributed by atoms with van der Waals surface area (Å²) in [7, 11) is 1.67. The van der Waals surface area contributed by atoms with Crippen LogP contribution < -0.4 is 5.32 Å². The summed E-state index contributed by atoms with van der Waals surface area (Å²) >= 11 is 0. The maximum Gasteiger partial charge on any atom is 0.254 e. The molecule has 0 aromatic carbocycles. The van der Waals surface area contributed by atoms with E-state index < -0.39 is 0 Å². The molecule has 4 rings (SSSR count). The lowest BCUT2D eigenvalue weighted by atomic mass is 9.67. The van der Waals surface area contributed by atoms with E-state index in [9.17, 15) is 4.79 Å². The quantitative estimate of drug-likeness (QED) is 0.883. The van der Waals surface area contributed by atoms with Crippen molar-refractivity contribution in [3.8, 4) is 11.4 Å². The van der Waals surface area contributed by atoms with Crippen LogP contribution in [0.15, 0.2) is 36.9 Å². The molecule has 25 heavy (non-hydrogen) atoms. The molecule has 7 heteroatoms. The Morgan fingerprint density at radius 1 is 1.32 bits per heavy atom. The molecule has 1 N–H and O–H groups in total. The van der Waals surface area contributed by atoms with Crippen molar-refractivity contribution in [2.45, 2.75) is 18.6 Å². The fourth-order valence-corrected chi connectivity index (χ4v) is 3.76. The summed E-state index contributed by atoms with van der Waals surface area (Å²) in [5, 5.41) is 3.11. The number of ether oxygens (including phenoxy) is 2. The Labute approximate surface area is 145 Å². The van der Waals surface area contributed by atoms with E-state index in [1.165, 1.54) is 0 Å². The van der Waals surface area contributed by atoms with Crippen LogP contribution in [0.1, 0.15) is 16.8 Å². The van der Waals surface area contributed by atoms with E-state index in [-0.39, 0.29) is 24.0 Å². The number of nitrogens with one attached hydrogen (secondary N) is 1. The van der Waals surface area contributed by atoms with Gasteiger partial charge in [0.05, 0.1) is 18.3 Å². The predicted octanol–water partition coefficient (Wildman–Crippen LogP) is 1.32. The Morgan fingerprint density at radius 3 is 2.80 bits per heavy atom. The zero-order valence-electron chi connectivity index (χ0n) is 14.0. The Bertz CT molecular complexity index is 738. The van der Waals surface area contributed by atoms with Gasteiger partial charge in [-0.15, -0.1) is 0 Å². The Hall–Kier alpha value is -2.38. The molecule has 1 saturated carbocycles. The highest BCUT2D eigenvalue weighted by atomic mass is 16.5. The molecule has 2 aliphatic rings. The van der Waals surface area contributed by atoms with Crippen molar-refractivity contribution < 1.29 is 14.3 Å². The minimum atomic E-state index is -0.155. The number of fused-ring (bicyclic) bond motifs is 1. The second kappa shape index (κ2) is 6.85. The minimum Gasteiger partial charge on any atom is -0.384 e. The van der Waals surface area contributed by atoms with E-state index in [1.807, 2.05) is 12.1 Å². The average Bonchev–Trinajstić information content (AvgIpc) is 3.09. The highest BCUT2D eigenvalue weighted by molar-refractivity contribution is 5.94. The van der Waals surface area contributed by atoms with Gasteiger partial charge in [-0.25, -0.2) is 9.97 Å². The molecule has 4 atom stereocenters. The normalized spacial score (nSPS) is 27.4. The number of hydrogen-bond donors (Lipinski definition) is 1. The van der Waals surface area contributed by atoms with Crippen LogP contribution >= 0.6 is 0 Å². The molecular weight excluding hydrogens is 320 g/mol. The Morgan fingerprint density at radius 2 is 2.08 bits per heavy atom. The second-order valence-electron chi connectivity index (χ2n) is 6.44. The zero-order chi connectivity index (χ0) is 17.2. The number of hydrogen-bond acceptors (Lipinski definition) is 6. The third-order valence-corrected chi connectivity index (χ3v) is 5.04. The molecule has 1 amide bonds. The highest BCUT2D eigenvalue weighted by Gasteiger charge is 2.54. The fourth-order valence-electron chi connectivity index (χ4n) is 3.76. The maximum absolute atomic E-state index is 12.6. The van der Waals surface area contributed by atoms with Crippen molar-refractivity contribution in [1.29, 1.82) is 0 Å². The van der Waals surface area contributed by atoms with E-state index in [2.05, 4.69) is 20.3 Å². The van der Waals surface area contributed by atoms with Gasteiger partial charge >= 0.3 is 0 Å². The van der Waals surface area contributed by atoms with Crippen molar-refractivity contribution in [2.24, 2.45) is 11.8 Å². The van der Waals surface area contributed by atoms with Crippen LogP contribution in [0.25, 0.3) is 11.4 Å². The predicted molar refractivity (Wildman–Crippen MR) is 89.7 cm³/mol. The topological polar surface area (TPSA) is 86.2 Å². The van der Waals surface area contributed by atoms with E-state index >= 15 is 0 Å². The first-order valence-electron chi connectivity index (χ1n) is 8.42.